The summed E-state index contributed by atoms with van der Waals surface area (Å²) >= 11 is 0. The Morgan fingerprint density at radius 2 is 1.70 bits per heavy atom. The largest absolute Gasteiger partial charge is 0.481 e. The molecule has 3 aliphatic rings. The maximum atomic E-state index is 13.4. The molecular formula is C32H28N2O3. The molecule has 2 aliphatic heterocycles. The standard InChI is InChI=1S/C32H28N2O3/c1-36-31-15-11-21-16-20(10-14-30(21)33-31)22-17-23-12-13-24(18-22)34(23)32(35)37-19-29-27-8-4-2-6-25(27)26-7-3-5-9-28(26)29/h2-11,14-17,23-24,29H,12-13,18-19H2,1H3. The van der Waals surface area contributed by atoms with Crippen molar-refractivity contribution in [3.05, 3.63) is 102 Å². The molecule has 0 radical (unpaired) electrons. The minimum atomic E-state index is -0.195. The molecule has 1 aromatic heterocycles. The summed E-state index contributed by atoms with van der Waals surface area (Å²) in [6, 6.07) is 27.5. The van der Waals surface area contributed by atoms with Gasteiger partial charge in [0.2, 0.25) is 5.88 Å². The molecule has 2 bridgehead atoms. The summed E-state index contributed by atoms with van der Waals surface area (Å²) < 4.78 is 11.3. The van der Waals surface area contributed by atoms with Gasteiger partial charge in [-0.05, 0) is 70.9 Å². The SMILES string of the molecule is COc1ccc2cc(C3=CC4CCC(C3)N4C(=O)OCC3c4ccccc4-c4ccccc43)ccc2n1. The van der Waals surface area contributed by atoms with Gasteiger partial charge in [0.05, 0.1) is 18.7 Å². The van der Waals surface area contributed by atoms with Gasteiger partial charge in [0.25, 0.3) is 0 Å². The van der Waals surface area contributed by atoms with Crippen molar-refractivity contribution < 1.29 is 14.3 Å². The molecule has 3 heterocycles. The number of rotatable bonds is 4. The number of hydrogen-bond donors (Lipinski definition) is 0. The summed E-state index contributed by atoms with van der Waals surface area (Å²) in [6.07, 6.45) is 4.89. The van der Waals surface area contributed by atoms with Crippen molar-refractivity contribution in [2.24, 2.45) is 0 Å². The van der Waals surface area contributed by atoms with E-state index in [1.54, 1.807) is 7.11 Å². The Morgan fingerprint density at radius 1 is 0.946 bits per heavy atom. The summed E-state index contributed by atoms with van der Waals surface area (Å²) in [5.74, 6) is 0.698. The van der Waals surface area contributed by atoms with Crippen LogP contribution < -0.4 is 4.74 Å². The number of hydrogen-bond acceptors (Lipinski definition) is 4. The van der Waals surface area contributed by atoms with Crippen molar-refractivity contribution in [1.82, 2.24) is 9.88 Å². The third-order valence-electron chi connectivity index (χ3n) is 8.19. The van der Waals surface area contributed by atoms with Gasteiger partial charge < -0.3 is 9.47 Å². The van der Waals surface area contributed by atoms with E-state index in [4.69, 9.17) is 9.47 Å². The number of carbonyl (C=O) groups is 1. The highest BCUT2D eigenvalue weighted by atomic mass is 16.6. The Morgan fingerprint density at radius 3 is 2.43 bits per heavy atom. The summed E-state index contributed by atoms with van der Waals surface area (Å²) in [5.41, 5.74) is 8.38. The molecule has 7 rings (SSSR count). The highest BCUT2D eigenvalue weighted by molar-refractivity contribution is 5.85. The van der Waals surface area contributed by atoms with Crippen LogP contribution in [0.5, 0.6) is 5.88 Å². The van der Waals surface area contributed by atoms with Crippen molar-refractivity contribution >= 4 is 22.6 Å². The van der Waals surface area contributed by atoms with Crippen LogP contribution >= 0.6 is 0 Å². The molecule has 0 saturated carbocycles. The highest BCUT2D eigenvalue weighted by Crippen LogP contribution is 2.45. The van der Waals surface area contributed by atoms with E-state index in [0.29, 0.717) is 12.5 Å². The molecule has 1 amide bonds. The number of fused-ring (bicyclic) bond motifs is 6. The maximum absolute atomic E-state index is 13.4. The predicted molar refractivity (Wildman–Crippen MR) is 145 cm³/mol. The number of ether oxygens (including phenoxy) is 2. The molecule has 5 heteroatoms. The topological polar surface area (TPSA) is 51.7 Å². The van der Waals surface area contributed by atoms with E-state index in [1.807, 2.05) is 23.1 Å². The summed E-state index contributed by atoms with van der Waals surface area (Å²) in [4.78, 5) is 19.9. The lowest BCUT2D eigenvalue weighted by molar-refractivity contribution is 0.0866. The third kappa shape index (κ3) is 3.69. The van der Waals surface area contributed by atoms with E-state index in [0.717, 1.165) is 30.2 Å². The molecule has 0 N–H and O–H groups in total. The molecule has 0 spiro atoms. The number of pyridine rings is 1. The van der Waals surface area contributed by atoms with Crippen molar-refractivity contribution in [1.29, 1.82) is 0 Å². The monoisotopic (exact) mass is 488 g/mol. The van der Waals surface area contributed by atoms with Crippen LogP contribution in [0, 0.1) is 0 Å². The normalized spacial score (nSPS) is 19.9. The van der Waals surface area contributed by atoms with Crippen LogP contribution in [0.25, 0.3) is 27.6 Å². The van der Waals surface area contributed by atoms with Crippen LogP contribution in [-0.4, -0.2) is 41.8 Å². The average molecular weight is 489 g/mol. The minimum absolute atomic E-state index is 0.0779. The second kappa shape index (κ2) is 8.77. The van der Waals surface area contributed by atoms with Crippen LogP contribution in [-0.2, 0) is 4.74 Å². The Kier molecular flexibility index (Phi) is 5.24. The first-order valence-corrected chi connectivity index (χ1v) is 13.0. The van der Waals surface area contributed by atoms with Crippen LogP contribution in [0.15, 0.2) is 84.9 Å². The van der Waals surface area contributed by atoms with Crippen LogP contribution in [0.3, 0.4) is 0 Å². The Labute approximate surface area is 216 Å². The molecular weight excluding hydrogens is 460 g/mol. The molecule has 2 atom stereocenters. The van der Waals surface area contributed by atoms with Gasteiger partial charge in [0.1, 0.15) is 6.61 Å². The van der Waals surface area contributed by atoms with Crippen molar-refractivity contribution in [3.8, 4) is 17.0 Å². The summed E-state index contributed by atoms with van der Waals surface area (Å²) in [5, 5.41) is 1.09. The number of carbonyl (C=O) groups excluding carboxylic acids is 1. The predicted octanol–water partition coefficient (Wildman–Crippen LogP) is 6.81. The first-order valence-electron chi connectivity index (χ1n) is 13.0. The van der Waals surface area contributed by atoms with Crippen molar-refractivity contribution in [2.75, 3.05) is 13.7 Å². The van der Waals surface area contributed by atoms with Crippen LogP contribution in [0.4, 0.5) is 4.79 Å². The molecule has 3 aromatic carbocycles. The van der Waals surface area contributed by atoms with Crippen molar-refractivity contribution in [3.63, 3.8) is 0 Å². The Hall–Kier alpha value is -4.12. The quantitative estimate of drug-likeness (QED) is 0.317. The number of nitrogens with zero attached hydrogens (tertiary/aromatic N) is 2. The smallest absolute Gasteiger partial charge is 0.410 e. The number of methoxy groups -OCH3 is 1. The summed E-state index contributed by atoms with van der Waals surface area (Å²) in [6.45, 7) is 0.362. The zero-order chi connectivity index (χ0) is 24.9. The van der Waals surface area contributed by atoms with E-state index in [2.05, 4.69) is 71.7 Å². The van der Waals surface area contributed by atoms with Crippen molar-refractivity contribution in [2.45, 2.75) is 37.3 Å². The fourth-order valence-corrected chi connectivity index (χ4v) is 6.42. The second-order valence-electron chi connectivity index (χ2n) is 10.2. The molecule has 1 aliphatic carbocycles. The van der Waals surface area contributed by atoms with Gasteiger partial charge in [-0.15, -0.1) is 0 Å². The first kappa shape index (κ1) is 22.1. The van der Waals surface area contributed by atoms with Crippen LogP contribution in [0.2, 0.25) is 0 Å². The molecule has 184 valence electrons. The van der Waals surface area contributed by atoms with Gasteiger partial charge >= 0.3 is 6.09 Å². The molecule has 37 heavy (non-hydrogen) atoms. The van der Waals surface area contributed by atoms with E-state index in [1.165, 1.54) is 33.4 Å². The lowest BCUT2D eigenvalue weighted by Crippen LogP contribution is -2.43. The molecule has 5 nitrogen and oxygen atoms in total. The third-order valence-corrected chi connectivity index (χ3v) is 8.19. The maximum Gasteiger partial charge on any atom is 0.410 e. The first-order chi connectivity index (χ1) is 18.2. The zero-order valence-corrected chi connectivity index (χ0v) is 20.8. The second-order valence-corrected chi connectivity index (χ2v) is 10.2. The molecule has 4 aromatic rings. The summed E-state index contributed by atoms with van der Waals surface area (Å²) in [7, 11) is 1.63. The number of benzene rings is 3. The number of aromatic nitrogens is 1. The van der Waals surface area contributed by atoms with E-state index in [-0.39, 0.29) is 24.1 Å². The molecule has 1 fully saturated rings. The molecule has 2 unspecified atom stereocenters. The average Bonchev–Trinajstić information content (AvgIpc) is 3.41. The molecule has 1 saturated heterocycles. The minimum Gasteiger partial charge on any atom is -0.481 e. The van der Waals surface area contributed by atoms with Gasteiger partial charge in [-0.2, -0.15) is 0 Å². The van der Waals surface area contributed by atoms with Gasteiger partial charge in [-0.3, -0.25) is 4.90 Å². The highest BCUT2D eigenvalue weighted by Gasteiger charge is 2.41. The van der Waals surface area contributed by atoms with E-state index >= 15 is 0 Å². The number of amides is 1. The Bertz CT molecular complexity index is 1510. The lowest BCUT2D eigenvalue weighted by Gasteiger charge is -2.33. The van der Waals surface area contributed by atoms with Gasteiger partial charge in [-0.1, -0.05) is 60.7 Å². The fraction of sp³-hybridized carbons (Fsp3) is 0.250. The van der Waals surface area contributed by atoms with Crippen LogP contribution in [0.1, 0.15) is 41.9 Å². The van der Waals surface area contributed by atoms with E-state index in [9.17, 15) is 4.79 Å². The van der Waals surface area contributed by atoms with Gasteiger partial charge in [-0.25, -0.2) is 9.78 Å². The lowest BCUT2D eigenvalue weighted by atomic mass is 9.94. The van der Waals surface area contributed by atoms with E-state index < -0.39 is 0 Å². The fourth-order valence-electron chi connectivity index (χ4n) is 6.42. The Balaban J connectivity index is 1.09. The van der Waals surface area contributed by atoms with Gasteiger partial charge in [0, 0.05) is 23.4 Å². The zero-order valence-electron chi connectivity index (χ0n) is 20.8. The van der Waals surface area contributed by atoms with Gasteiger partial charge in [0.15, 0.2) is 0 Å².